The van der Waals surface area contributed by atoms with Gasteiger partial charge in [-0.25, -0.2) is 4.98 Å². The van der Waals surface area contributed by atoms with Crippen LogP contribution in [0.5, 0.6) is 0 Å². The number of amides is 1. The van der Waals surface area contributed by atoms with Crippen molar-refractivity contribution in [3.05, 3.63) is 76.8 Å². The van der Waals surface area contributed by atoms with Crippen molar-refractivity contribution in [2.45, 2.75) is 32.1 Å². The van der Waals surface area contributed by atoms with Crippen LogP contribution in [0.15, 0.2) is 60.7 Å². The zero-order valence-corrected chi connectivity index (χ0v) is 21.9. The number of carbonyl (C=O) groups excluding carboxylic acids is 1. The van der Waals surface area contributed by atoms with Crippen molar-refractivity contribution in [1.82, 2.24) is 14.9 Å². The van der Waals surface area contributed by atoms with Crippen LogP contribution in [0.1, 0.15) is 29.8 Å². The lowest BCUT2D eigenvalue weighted by Crippen LogP contribution is -2.55. The summed E-state index contributed by atoms with van der Waals surface area (Å²) in [7, 11) is 2.01. The van der Waals surface area contributed by atoms with E-state index in [2.05, 4.69) is 20.2 Å². The van der Waals surface area contributed by atoms with Crippen LogP contribution in [0.3, 0.4) is 0 Å². The predicted molar refractivity (Wildman–Crippen MR) is 145 cm³/mol. The number of nitrogens with zero attached hydrogens (tertiary/aromatic N) is 3. The SMILES string of the molecule is C[C@@H]1CN(c2ccc(C(=O)Nc3ccc(Cl)c(-c4nc5ccccc5[nH]4)c3)c(C(F)(F)F)c2)C[C@H](C)N1C. The highest BCUT2D eigenvalue weighted by molar-refractivity contribution is 6.33. The van der Waals surface area contributed by atoms with Gasteiger partial charge in [-0.2, -0.15) is 13.2 Å². The number of carbonyl (C=O) groups is 1. The lowest BCUT2D eigenvalue weighted by molar-refractivity contribution is -0.137. The summed E-state index contributed by atoms with van der Waals surface area (Å²) >= 11 is 6.39. The normalized spacial score (nSPS) is 18.7. The molecule has 1 amide bonds. The van der Waals surface area contributed by atoms with Crippen molar-refractivity contribution in [2.75, 3.05) is 30.4 Å². The molecule has 3 aromatic carbocycles. The second-order valence-electron chi connectivity index (χ2n) is 9.75. The second-order valence-corrected chi connectivity index (χ2v) is 10.2. The number of likely N-dealkylation sites (N-methyl/N-ethyl adjacent to an activating group) is 1. The first kappa shape index (κ1) is 26.1. The number of H-pyrrole nitrogens is 1. The highest BCUT2D eigenvalue weighted by Gasteiger charge is 2.37. The number of para-hydroxylation sites is 2. The number of aromatic amines is 1. The third kappa shape index (κ3) is 5.08. The Balaban J connectivity index is 1.43. The second kappa shape index (κ2) is 9.96. The number of hydrogen-bond donors (Lipinski definition) is 2. The van der Waals surface area contributed by atoms with E-state index in [1.54, 1.807) is 24.3 Å². The molecule has 0 aliphatic carbocycles. The number of hydrogen-bond acceptors (Lipinski definition) is 4. The number of anilines is 2. The molecule has 1 fully saturated rings. The van der Waals surface area contributed by atoms with E-state index in [-0.39, 0.29) is 12.1 Å². The van der Waals surface area contributed by atoms with Crippen LogP contribution in [-0.4, -0.2) is 53.0 Å². The van der Waals surface area contributed by atoms with E-state index in [9.17, 15) is 18.0 Å². The fourth-order valence-corrected chi connectivity index (χ4v) is 5.05. The van der Waals surface area contributed by atoms with E-state index in [4.69, 9.17) is 11.6 Å². The van der Waals surface area contributed by atoms with Gasteiger partial charge in [-0.05, 0) is 69.4 Å². The van der Waals surface area contributed by atoms with E-state index in [1.165, 1.54) is 6.07 Å². The molecule has 2 N–H and O–H groups in total. The molecule has 1 aliphatic heterocycles. The van der Waals surface area contributed by atoms with Gasteiger partial charge in [0.25, 0.3) is 5.91 Å². The van der Waals surface area contributed by atoms with Gasteiger partial charge in [0.05, 0.1) is 27.2 Å². The Morgan fingerprint density at radius 2 is 1.76 bits per heavy atom. The number of imidazole rings is 1. The molecule has 6 nitrogen and oxygen atoms in total. The number of aromatic nitrogens is 2. The maximum Gasteiger partial charge on any atom is 0.417 e. The Labute approximate surface area is 223 Å². The minimum atomic E-state index is -4.70. The Hall–Kier alpha value is -3.56. The summed E-state index contributed by atoms with van der Waals surface area (Å²) in [5.74, 6) is -0.370. The molecule has 198 valence electrons. The number of nitrogens with one attached hydrogen (secondary N) is 2. The topological polar surface area (TPSA) is 64.3 Å². The van der Waals surface area contributed by atoms with E-state index in [0.717, 1.165) is 17.1 Å². The van der Waals surface area contributed by atoms with E-state index in [1.807, 2.05) is 50.1 Å². The first-order chi connectivity index (χ1) is 18.0. The average Bonchev–Trinajstić information content (AvgIpc) is 3.31. The van der Waals surface area contributed by atoms with Gasteiger partial charge < -0.3 is 15.2 Å². The van der Waals surface area contributed by atoms with E-state index < -0.39 is 23.2 Å². The molecule has 1 aromatic heterocycles. The van der Waals surface area contributed by atoms with Crippen molar-refractivity contribution < 1.29 is 18.0 Å². The Kier molecular flexibility index (Phi) is 6.83. The number of piperazine rings is 1. The van der Waals surface area contributed by atoms with Gasteiger partial charge >= 0.3 is 6.18 Å². The van der Waals surface area contributed by atoms with Gasteiger partial charge in [-0.1, -0.05) is 23.7 Å². The fourth-order valence-electron chi connectivity index (χ4n) is 4.84. The fraction of sp³-hybridized carbons (Fsp3) is 0.286. The van der Waals surface area contributed by atoms with Gasteiger partial charge in [0.2, 0.25) is 0 Å². The highest BCUT2D eigenvalue weighted by Crippen LogP contribution is 2.36. The van der Waals surface area contributed by atoms with Crippen LogP contribution in [0.25, 0.3) is 22.4 Å². The molecule has 5 rings (SSSR count). The predicted octanol–water partition coefficient (Wildman–Crippen LogP) is 6.68. The Morgan fingerprint density at radius 3 is 2.45 bits per heavy atom. The molecule has 1 saturated heterocycles. The third-order valence-electron chi connectivity index (χ3n) is 7.15. The largest absolute Gasteiger partial charge is 0.417 e. The van der Waals surface area contributed by atoms with Crippen molar-refractivity contribution in [3.63, 3.8) is 0 Å². The molecule has 1 aliphatic rings. The molecule has 2 heterocycles. The number of halogens is 4. The first-order valence-corrected chi connectivity index (χ1v) is 12.6. The van der Waals surface area contributed by atoms with Crippen molar-refractivity contribution in [2.24, 2.45) is 0 Å². The summed E-state index contributed by atoms with van der Waals surface area (Å²) < 4.78 is 42.3. The zero-order chi connectivity index (χ0) is 27.2. The van der Waals surface area contributed by atoms with Crippen LogP contribution in [0.4, 0.5) is 24.5 Å². The standard InChI is InChI=1S/C28H27ClF3N5O/c1-16-14-37(15-17(2)36(16)3)19-9-10-20(22(13-19)28(30,31)32)27(38)33-18-8-11-23(29)21(12-18)26-34-24-6-4-5-7-25(24)35-26/h4-13,16-17H,14-15H2,1-3H3,(H,33,38)(H,34,35)/t16-,17+. The van der Waals surface area contributed by atoms with Gasteiger partial charge in [-0.3, -0.25) is 9.69 Å². The van der Waals surface area contributed by atoms with Crippen molar-refractivity contribution in [1.29, 1.82) is 0 Å². The smallest absolute Gasteiger partial charge is 0.368 e. The first-order valence-electron chi connectivity index (χ1n) is 12.3. The number of benzene rings is 3. The number of alkyl halides is 3. The summed E-state index contributed by atoms with van der Waals surface area (Å²) in [5, 5.41) is 2.99. The molecular weight excluding hydrogens is 515 g/mol. The number of fused-ring (bicyclic) bond motifs is 1. The summed E-state index contributed by atoms with van der Waals surface area (Å²) in [4.78, 5) is 24.9. The quantitative estimate of drug-likeness (QED) is 0.302. The molecule has 0 radical (unpaired) electrons. The maximum absolute atomic E-state index is 14.1. The summed E-state index contributed by atoms with van der Waals surface area (Å²) in [6.45, 7) is 5.28. The molecule has 10 heteroatoms. The molecule has 0 saturated carbocycles. The van der Waals surface area contributed by atoms with Crippen LogP contribution in [0.2, 0.25) is 5.02 Å². The minimum Gasteiger partial charge on any atom is -0.368 e. The van der Waals surface area contributed by atoms with E-state index >= 15 is 0 Å². The summed E-state index contributed by atoms with van der Waals surface area (Å²) in [5.41, 5.74) is 1.40. The lowest BCUT2D eigenvalue weighted by Gasteiger charge is -2.43. The van der Waals surface area contributed by atoms with Crippen LogP contribution >= 0.6 is 11.6 Å². The van der Waals surface area contributed by atoms with Crippen LogP contribution in [-0.2, 0) is 6.18 Å². The maximum atomic E-state index is 14.1. The molecule has 0 spiro atoms. The minimum absolute atomic E-state index is 0.182. The number of rotatable bonds is 4. The highest BCUT2D eigenvalue weighted by atomic mass is 35.5. The molecule has 4 aromatic rings. The molecular formula is C28H27ClF3N5O. The molecule has 0 unspecified atom stereocenters. The Morgan fingerprint density at radius 1 is 1.05 bits per heavy atom. The summed E-state index contributed by atoms with van der Waals surface area (Å²) in [6, 6.07) is 16.4. The van der Waals surface area contributed by atoms with Gasteiger partial charge in [0.15, 0.2) is 0 Å². The molecule has 2 atom stereocenters. The average molecular weight is 542 g/mol. The molecule has 0 bridgehead atoms. The monoisotopic (exact) mass is 541 g/mol. The zero-order valence-electron chi connectivity index (χ0n) is 21.1. The van der Waals surface area contributed by atoms with Crippen LogP contribution < -0.4 is 10.2 Å². The van der Waals surface area contributed by atoms with E-state index in [0.29, 0.717) is 40.9 Å². The lowest BCUT2D eigenvalue weighted by atomic mass is 10.0. The van der Waals surface area contributed by atoms with Gasteiger partial charge in [-0.15, -0.1) is 0 Å². The van der Waals surface area contributed by atoms with Crippen molar-refractivity contribution in [3.8, 4) is 11.4 Å². The summed E-state index contributed by atoms with van der Waals surface area (Å²) in [6.07, 6.45) is -4.70. The van der Waals surface area contributed by atoms with Gasteiger partial charge in [0, 0.05) is 42.1 Å². The molecule has 38 heavy (non-hydrogen) atoms. The third-order valence-corrected chi connectivity index (χ3v) is 7.48. The van der Waals surface area contributed by atoms with Gasteiger partial charge in [0.1, 0.15) is 5.82 Å². The van der Waals surface area contributed by atoms with Crippen LogP contribution in [0, 0.1) is 0 Å². The Bertz CT molecular complexity index is 1460. The van der Waals surface area contributed by atoms with Crippen molar-refractivity contribution >= 4 is 39.9 Å².